The van der Waals surface area contributed by atoms with E-state index in [0.717, 1.165) is 10.5 Å². The van der Waals surface area contributed by atoms with Gasteiger partial charge in [-0.15, -0.1) is 0 Å². The van der Waals surface area contributed by atoms with Crippen molar-refractivity contribution >= 4 is 10.8 Å². The highest BCUT2D eigenvalue weighted by Crippen LogP contribution is 2.54. The van der Waals surface area contributed by atoms with Crippen LogP contribution in [0.3, 0.4) is 0 Å². The molecule has 2 fully saturated rings. The van der Waals surface area contributed by atoms with Crippen molar-refractivity contribution in [3.8, 4) is 0 Å². The zero-order valence-electron chi connectivity index (χ0n) is 11.5. The number of epoxide rings is 1. The van der Waals surface area contributed by atoms with Crippen LogP contribution in [0.25, 0.3) is 0 Å². The summed E-state index contributed by atoms with van der Waals surface area (Å²) in [6, 6.07) is 7.59. The summed E-state index contributed by atoms with van der Waals surface area (Å²) in [6.45, 7) is 3.76. The van der Waals surface area contributed by atoms with Crippen LogP contribution in [-0.2, 0) is 20.3 Å². The molecule has 0 amide bonds. The Labute approximate surface area is 120 Å². The van der Waals surface area contributed by atoms with Gasteiger partial charge in [0.05, 0.1) is 17.4 Å². The normalized spacial score (nSPS) is 37.0. The Balaban J connectivity index is 1.92. The van der Waals surface area contributed by atoms with Crippen molar-refractivity contribution in [2.24, 2.45) is 0 Å². The van der Waals surface area contributed by atoms with Crippen LogP contribution >= 0.6 is 0 Å². The third-order valence-electron chi connectivity index (χ3n) is 3.78. The lowest BCUT2D eigenvalue weighted by atomic mass is 10.2. The van der Waals surface area contributed by atoms with Gasteiger partial charge in [0.2, 0.25) is 4.93 Å². The van der Waals surface area contributed by atoms with Crippen LogP contribution in [0.15, 0.2) is 41.3 Å². The predicted octanol–water partition coefficient (Wildman–Crippen LogP) is 1.53. The van der Waals surface area contributed by atoms with Gasteiger partial charge in [-0.05, 0) is 26.0 Å². The Hall–Kier alpha value is -1.01. The Kier molecular flexibility index (Phi) is 3.54. The summed E-state index contributed by atoms with van der Waals surface area (Å²) < 4.78 is 24.3. The molecule has 1 aromatic carbocycles. The molecule has 2 heterocycles. The molecule has 1 N–H and O–H groups in total. The molecule has 5 atom stereocenters. The van der Waals surface area contributed by atoms with E-state index in [0.29, 0.717) is 0 Å². The second-order valence-electron chi connectivity index (χ2n) is 5.15. The van der Waals surface area contributed by atoms with Crippen LogP contribution in [0.1, 0.15) is 12.5 Å². The van der Waals surface area contributed by atoms with E-state index in [1.807, 2.05) is 50.3 Å². The zero-order valence-corrected chi connectivity index (χ0v) is 12.3. The van der Waals surface area contributed by atoms with Gasteiger partial charge in [0.1, 0.15) is 18.3 Å². The van der Waals surface area contributed by atoms with Crippen LogP contribution in [-0.4, -0.2) is 39.2 Å². The highest BCUT2D eigenvalue weighted by atomic mass is 32.2. The van der Waals surface area contributed by atoms with Gasteiger partial charge in [-0.2, -0.15) is 0 Å². The second kappa shape index (κ2) is 5.07. The van der Waals surface area contributed by atoms with Crippen molar-refractivity contribution in [3.05, 3.63) is 42.0 Å². The maximum Gasteiger partial charge on any atom is 0.205 e. The van der Waals surface area contributed by atoms with E-state index in [4.69, 9.17) is 9.47 Å². The molecule has 108 valence electrons. The van der Waals surface area contributed by atoms with Gasteiger partial charge in [-0.3, -0.25) is 4.21 Å². The molecule has 2 saturated heterocycles. The maximum atomic E-state index is 12.9. The van der Waals surface area contributed by atoms with E-state index < -0.39 is 21.8 Å². The molecule has 0 radical (unpaired) electrons. The lowest BCUT2D eigenvalue weighted by molar-refractivity contribution is -0.0375. The Morgan fingerprint density at radius 3 is 2.70 bits per heavy atom. The number of hydrogen-bond acceptors (Lipinski definition) is 4. The predicted molar refractivity (Wildman–Crippen MR) is 75.8 cm³/mol. The first-order valence-corrected chi connectivity index (χ1v) is 7.84. The number of ether oxygens (including phenoxy) is 2. The smallest absolute Gasteiger partial charge is 0.205 e. The highest BCUT2D eigenvalue weighted by molar-refractivity contribution is 7.86. The number of hydrogen-bond donors (Lipinski definition) is 1. The largest absolute Gasteiger partial charge is 0.394 e. The average Bonchev–Trinajstić information content (AvgIpc) is 3.13. The Morgan fingerprint density at radius 2 is 2.10 bits per heavy atom. The van der Waals surface area contributed by atoms with Gasteiger partial charge in [0.25, 0.3) is 0 Å². The van der Waals surface area contributed by atoms with E-state index in [9.17, 15) is 9.32 Å². The summed E-state index contributed by atoms with van der Waals surface area (Å²) in [7, 11) is -1.32. The second-order valence-corrected chi connectivity index (χ2v) is 6.79. The third kappa shape index (κ3) is 1.97. The molecule has 2 aliphatic heterocycles. The van der Waals surface area contributed by atoms with Crippen molar-refractivity contribution < 1.29 is 18.8 Å². The summed E-state index contributed by atoms with van der Waals surface area (Å²) in [5, 5.41) is 9.32. The van der Waals surface area contributed by atoms with Gasteiger partial charge in [0, 0.05) is 4.90 Å². The summed E-state index contributed by atoms with van der Waals surface area (Å²) in [5.74, 6) is 0. The molecule has 0 bridgehead atoms. The molecule has 0 saturated carbocycles. The van der Waals surface area contributed by atoms with Gasteiger partial charge in [-0.1, -0.05) is 29.8 Å². The van der Waals surface area contributed by atoms with Crippen molar-refractivity contribution in [2.45, 2.75) is 42.0 Å². The van der Waals surface area contributed by atoms with Crippen molar-refractivity contribution in [3.63, 3.8) is 0 Å². The van der Waals surface area contributed by atoms with E-state index in [-0.39, 0.29) is 18.8 Å². The van der Waals surface area contributed by atoms with Gasteiger partial charge < -0.3 is 14.6 Å². The minimum Gasteiger partial charge on any atom is -0.394 e. The Bertz CT molecular complexity index is 553. The van der Waals surface area contributed by atoms with Crippen LogP contribution in [0.4, 0.5) is 0 Å². The number of rotatable bonds is 4. The fraction of sp³-hybridized carbons (Fsp3) is 0.467. The summed E-state index contributed by atoms with van der Waals surface area (Å²) in [5.41, 5.74) is 1.12. The molecule has 0 unspecified atom stereocenters. The molecule has 0 spiro atoms. The van der Waals surface area contributed by atoms with Crippen LogP contribution in [0, 0.1) is 6.92 Å². The van der Waals surface area contributed by atoms with E-state index in [2.05, 4.69) is 0 Å². The summed E-state index contributed by atoms with van der Waals surface area (Å²) >= 11 is 0. The first kappa shape index (κ1) is 13.9. The monoisotopic (exact) mass is 294 g/mol. The molecule has 0 aliphatic carbocycles. The molecule has 5 heteroatoms. The van der Waals surface area contributed by atoms with Gasteiger partial charge in [-0.25, -0.2) is 0 Å². The standard InChI is InChI=1S/C15H18O4S/c1-3-4-13-15(14(19-15)12(9-16)18-13)20(17)11-7-5-10(2)6-8-11/h3-8,12-14,16H,9H2,1-2H3/b4-3+/t12-,13+,14-,15-,20+/m1/s1. The third-order valence-corrected chi connectivity index (χ3v) is 5.62. The number of benzene rings is 1. The molecule has 4 nitrogen and oxygen atoms in total. The number of fused-ring (bicyclic) bond motifs is 1. The lowest BCUT2D eigenvalue weighted by Crippen LogP contribution is -2.31. The van der Waals surface area contributed by atoms with Crippen molar-refractivity contribution in [2.75, 3.05) is 6.61 Å². The molecular weight excluding hydrogens is 276 g/mol. The minimum atomic E-state index is -1.32. The Morgan fingerprint density at radius 1 is 1.40 bits per heavy atom. The molecule has 1 aromatic rings. The first-order chi connectivity index (χ1) is 9.63. The number of aliphatic hydroxyl groups excluding tert-OH is 1. The molecule has 2 aliphatic rings. The van der Waals surface area contributed by atoms with Crippen LogP contribution in [0.2, 0.25) is 0 Å². The van der Waals surface area contributed by atoms with E-state index in [1.54, 1.807) is 0 Å². The van der Waals surface area contributed by atoms with E-state index in [1.165, 1.54) is 0 Å². The molecule has 20 heavy (non-hydrogen) atoms. The van der Waals surface area contributed by atoms with Gasteiger partial charge >= 0.3 is 0 Å². The highest BCUT2D eigenvalue weighted by Gasteiger charge is 2.74. The van der Waals surface area contributed by atoms with Crippen LogP contribution < -0.4 is 0 Å². The first-order valence-electron chi connectivity index (χ1n) is 6.69. The van der Waals surface area contributed by atoms with E-state index >= 15 is 0 Å². The molecular formula is C15H18O4S. The SMILES string of the molecule is C/C=C/[C@@H]1O[C@H](CO)[C@H]2O[C@@]12[S@@](=O)c1ccc(C)cc1. The topological polar surface area (TPSA) is 59.1 Å². The summed E-state index contributed by atoms with van der Waals surface area (Å²) in [6.07, 6.45) is 2.64. The quantitative estimate of drug-likeness (QED) is 0.676. The maximum absolute atomic E-state index is 12.9. The zero-order chi connectivity index (χ0) is 14.3. The molecule has 3 rings (SSSR count). The summed E-state index contributed by atoms with van der Waals surface area (Å²) in [4.78, 5) is -0.107. The van der Waals surface area contributed by atoms with Gasteiger partial charge in [0.15, 0.2) is 0 Å². The number of aryl methyl sites for hydroxylation is 1. The molecule has 0 aromatic heterocycles. The fourth-order valence-electron chi connectivity index (χ4n) is 2.68. The van der Waals surface area contributed by atoms with Crippen molar-refractivity contribution in [1.29, 1.82) is 0 Å². The lowest BCUT2D eigenvalue weighted by Gasteiger charge is -2.18. The fourth-order valence-corrected chi connectivity index (χ4v) is 4.33. The average molecular weight is 294 g/mol. The van der Waals surface area contributed by atoms with Crippen LogP contribution in [0.5, 0.6) is 0 Å². The number of allylic oxidation sites excluding steroid dienone is 1. The number of aliphatic hydroxyl groups is 1. The minimum absolute atomic E-state index is 0.119. The van der Waals surface area contributed by atoms with Crippen molar-refractivity contribution in [1.82, 2.24) is 0 Å².